The molecule has 15 heavy (non-hydrogen) atoms. The van der Waals surface area contributed by atoms with Crippen LogP contribution in [0.5, 0.6) is 0 Å². The lowest BCUT2D eigenvalue weighted by atomic mass is 10.3. The number of aryl methyl sites for hydroxylation is 1. The van der Waals surface area contributed by atoms with E-state index in [-0.39, 0.29) is 5.69 Å². The van der Waals surface area contributed by atoms with Gasteiger partial charge in [-0.05, 0) is 13.0 Å². The third kappa shape index (κ3) is 1.89. The highest BCUT2D eigenvalue weighted by molar-refractivity contribution is 5.86. The standard InChI is InChI=1S/C9H11N3O3/c1-6-8(9(13)14)11-12(10-6)7-2-4-15-5-3-7/h2H,3-5H2,1H3,(H,13,14). The highest BCUT2D eigenvalue weighted by Gasteiger charge is 2.16. The average molecular weight is 209 g/mol. The Morgan fingerprint density at radius 3 is 2.93 bits per heavy atom. The Labute approximate surface area is 86.2 Å². The Morgan fingerprint density at radius 1 is 1.60 bits per heavy atom. The number of nitrogens with zero attached hydrogens (tertiary/aromatic N) is 3. The zero-order chi connectivity index (χ0) is 10.8. The molecule has 2 rings (SSSR count). The molecule has 0 atom stereocenters. The van der Waals surface area contributed by atoms with Crippen LogP contribution in [0.1, 0.15) is 22.6 Å². The summed E-state index contributed by atoms with van der Waals surface area (Å²) in [5.41, 5.74) is 1.31. The summed E-state index contributed by atoms with van der Waals surface area (Å²) >= 11 is 0. The van der Waals surface area contributed by atoms with Gasteiger partial charge in [0.05, 0.1) is 24.6 Å². The second kappa shape index (κ2) is 3.82. The number of aromatic carboxylic acids is 1. The molecule has 0 saturated carbocycles. The van der Waals surface area contributed by atoms with Crippen LogP contribution in [0, 0.1) is 6.92 Å². The number of ether oxygens (including phenoxy) is 1. The molecule has 80 valence electrons. The van der Waals surface area contributed by atoms with E-state index >= 15 is 0 Å². The lowest BCUT2D eigenvalue weighted by Crippen LogP contribution is -2.11. The fourth-order valence-corrected chi connectivity index (χ4v) is 1.40. The maximum Gasteiger partial charge on any atom is 0.358 e. The predicted octanol–water partition coefficient (Wildman–Crippen LogP) is 0.546. The lowest BCUT2D eigenvalue weighted by Gasteiger charge is -2.11. The molecule has 1 aromatic heterocycles. The van der Waals surface area contributed by atoms with Crippen LogP contribution in [-0.2, 0) is 4.74 Å². The topological polar surface area (TPSA) is 77.2 Å². The molecular weight excluding hydrogens is 198 g/mol. The quantitative estimate of drug-likeness (QED) is 0.769. The van der Waals surface area contributed by atoms with Crippen LogP contribution in [0.2, 0.25) is 0 Å². The molecule has 0 bridgehead atoms. The maximum absolute atomic E-state index is 10.8. The summed E-state index contributed by atoms with van der Waals surface area (Å²) in [6.45, 7) is 2.78. The monoisotopic (exact) mass is 209 g/mol. The Hall–Kier alpha value is -1.69. The lowest BCUT2D eigenvalue weighted by molar-refractivity contribution is 0.0689. The molecule has 0 aromatic carbocycles. The van der Waals surface area contributed by atoms with Crippen LogP contribution in [0.15, 0.2) is 6.08 Å². The zero-order valence-corrected chi connectivity index (χ0v) is 8.30. The van der Waals surface area contributed by atoms with Crippen molar-refractivity contribution in [3.63, 3.8) is 0 Å². The SMILES string of the molecule is Cc1nn(C2=CCOCC2)nc1C(=O)O. The first-order valence-electron chi connectivity index (χ1n) is 4.63. The van der Waals surface area contributed by atoms with E-state index in [2.05, 4.69) is 10.2 Å². The van der Waals surface area contributed by atoms with Crippen molar-refractivity contribution in [3.8, 4) is 0 Å². The zero-order valence-electron chi connectivity index (χ0n) is 8.30. The summed E-state index contributed by atoms with van der Waals surface area (Å²) in [5.74, 6) is -1.05. The predicted molar refractivity (Wildman–Crippen MR) is 51.4 cm³/mol. The van der Waals surface area contributed by atoms with Crippen molar-refractivity contribution in [1.82, 2.24) is 15.0 Å². The van der Waals surface area contributed by atoms with Gasteiger partial charge in [-0.15, -0.1) is 5.10 Å². The Bertz CT molecular complexity index is 422. The number of hydrogen-bond donors (Lipinski definition) is 1. The Morgan fingerprint density at radius 2 is 2.40 bits per heavy atom. The fourth-order valence-electron chi connectivity index (χ4n) is 1.40. The first-order valence-corrected chi connectivity index (χ1v) is 4.63. The van der Waals surface area contributed by atoms with Crippen molar-refractivity contribution >= 4 is 11.7 Å². The van der Waals surface area contributed by atoms with Gasteiger partial charge in [0, 0.05) is 6.42 Å². The van der Waals surface area contributed by atoms with Crippen molar-refractivity contribution in [2.45, 2.75) is 13.3 Å². The van der Waals surface area contributed by atoms with Gasteiger partial charge in [-0.25, -0.2) is 4.79 Å². The molecule has 1 aliphatic rings. The largest absolute Gasteiger partial charge is 0.476 e. The van der Waals surface area contributed by atoms with Crippen molar-refractivity contribution in [3.05, 3.63) is 17.5 Å². The van der Waals surface area contributed by atoms with Gasteiger partial charge in [0.1, 0.15) is 0 Å². The minimum Gasteiger partial charge on any atom is -0.476 e. The van der Waals surface area contributed by atoms with Crippen molar-refractivity contribution in [2.24, 2.45) is 0 Å². The van der Waals surface area contributed by atoms with Crippen LogP contribution >= 0.6 is 0 Å². The smallest absolute Gasteiger partial charge is 0.358 e. The second-order valence-electron chi connectivity index (χ2n) is 3.25. The Kier molecular flexibility index (Phi) is 2.51. The molecule has 0 aliphatic carbocycles. The van der Waals surface area contributed by atoms with Crippen LogP contribution in [0.3, 0.4) is 0 Å². The normalized spacial score (nSPS) is 16.2. The fraction of sp³-hybridized carbons (Fsp3) is 0.444. The first-order chi connectivity index (χ1) is 7.18. The van der Waals surface area contributed by atoms with Crippen LogP contribution in [0.25, 0.3) is 5.70 Å². The van der Waals surface area contributed by atoms with E-state index in [0.717, 1.165) is 5.70 Å². The van der Waals surface area contributed by atoms with E-state index in [1.54, 1.807) is 6.92 Å². The molecule has 0 amide bonds. The van der Waals surface area contributed by atoms with Gasteiger partial charge in [0.15, 0.2) is 5.69 Å². The number of carbonyl (C=O) groups is 1. The van der Waals surface area contributed by atoms with Gasteiger partial charge in [0.2, 0.25) is 0 Å². The number of carboxylic acids is 1. The molecule has 1 aliphatic heterocycles. The van der Waals surface area contributed by atoms with Crippen molar-refractivity contribution in [2.75, 3.05) is 13.2 Å². The van der Waals surface area contributed by atoms with Crippen LogP contribution in [-0.4, -0.2) is 39.3 Å². The highest BCUT2D eigenvalue weighted by Crippen LogP contribution is 2.13. The number of aromatic nitrogens is 3. The summed E-state index contributed by atoms with van der Waals surface area (Å²) in [7, 11) is 0. The van der Waals surface area contributed by atoms with Gasteiger partial charge >= 0.3 is 5.97 Å². The number of carboxylic acid groups (broad SMARTS) is 1. The molecule has 0 unspecified atom stereocenters. The van der Waals surface area contributed by atoms with Crippen molar-refractivity contribution < 1.29 is 14.6 Å². The molecule has 0 saturated heterocycles. The van der Waals surface area contributed by atoms with Crippen LogP contribution in [0.4, 0.5) is 0 Å². The van der Waals surface area contributed by atoms with E-state index in [1.807, 2.05) is 6.08 Å². The third-order valence-electron chi connectivity index (χ3n) is 2.18. The third-order valence-corrected chi connectivity index (χ3v) is 2.18. The second-order valence-corrected chi connectivity index (χ2v) is 3.25. The molecular formula is C9H11N3O3. The summed E-state index contributed by atoms with van der Waals surface area (Å²) < 4.78 is 5.14. The molecule has 0 radical (unpaired) electrons. The van der Waals surface area contributed by atoms with Gasteiger partial charge in [-0.3, -0.25) is 0 Å². The van der Waals surface area contributed by atoms with E-state index in [0.29, 0.717) is 25.3 Å². The molecule has 0 spiro atoms. The molecule has 2 heterocycles. The van der Waals surface area contributed by atoms with Crippen molar-refractivity contribution in [1.29, 1.82) is 0 Å². The molecule has 1 N–H and O–H groups in total. The minimum atomic E-state index is -1.05. The molecule has 0 fully saturated rings. The van der Waals surface area contributed by atoms with Gasteiger partial charge in [0.25, 0.3) is 0 Å². The highest BCUT2D eigenvalue weighted by atomic mass is 16.5. The average Bonchev–Trinajstić information content (AvgIpc) is 2.62. The minimum absolute atomic E-state index is 0.00221. The number of hydrogen-bond acceptors (Lipinski definition) is 4. The number of rotatable bonds is 2. The van der Waals surface area contributed by atoms with Crippen LogP contribution < -0.4 is 0 Å². The van der Waals surface area contributed by atoms with Gasteiger partial charge in [-0.2, -0.15) is 9.90 Å². The summed E-state index contributed by atoms with van der Waals surface area (Å²) in [6.07, 6.45) is 2.56. The summed E-state index contributed by atoms with van der Waals surface area (Å²) in [6, 6.07) is 0. The van der Waals surface area contributed by atoms with Gasteiger partial charge in [-0.1, -0.05) is 0 Å². The molecule has 6 nitrogen and oxygen atoms in total. The van der Waals surface area contributed by atoms with E-state index in [9.17, 15) is 4.79 Å². The molecule has 6 heteroatoms. The van der Waals surface area contributed by atoms with E-state index in [4.69, 9.17) is 9.84 Å². The van der Waals surface area contributed by atoms with E-state index in [1.165, 1.54) is 4.80 Å². The van der Waals surface area contributed by atoms with E-state index < -0.39 is 5.97 Å². The summed E-state index contributed by atoms with van der Waals surface area (Å²) in [5, 5.41) is 16.8. The van der Waals surface area contributed by atoms with Gasteiger partial charge < -0.3 is 9.84 Å². The maximum atomic E-state index is 10.8. The summed E-state index contributed by atoms with van der Waals surface area (Å²) in [4.78, 5) is 12.1. The first kappa shape index (κ1) is 9.85. The molecule has 1 aromatic rings. The Balaban J connectivity index is 2.33.